The molecule has 1 aromatic carbocycles. The Labute approximate surface area is 426 Å². The molecule has 3 fully saturated rings. The van der Waals surface area contributed by atoms with Gasteiger partial charge in [0.15, 0.2) is 6.29 Å². The summed E-state index contributed by atoms with van der Waals surface area (Å²) in [7, 11) is 5.49. The van der Waals surface area contributed by atoms with Crippen LogP contribution < -0.4 is 0 Å². The number of hydrogen-bond acceptors (Lipinski definition) is 16. The molecule has 0 bridgehead atoms. The number of aliphatic hydroxyl groups is 4. The Kier molecular flexibility index (Phi) is 19.3. The Morgan fingerprint density at radius 1 is 0.958 bits per heavy atom. The number of ether oxygens (including phenoxy) is 5. The molecule has 0 amide bonds. The van der Waals surface area contributed by atoms with Crippen LogP contribution in [0, 0.1) is 30.6 Å². The number of carbonyl (C=O) groups excluding carboxylic acids is 1. The number of nitrogens with zero attached hydrogens (tertiary/aromatic N) is 8. The van der Waals surface area contributed by atoms with Gasteiger partial charge in [-0.15, -0.1) is 10.2 Å². The van der Waals surface area contributed by atoms with E-state index in [2.05, 4.69) is 32.6 Å². The largest absolute Gasteiger partial charge is 0.459 e. The maximum Gasteiger partial charge on any atom is 0.309 e. The predicted molar refractivity (Wildman–Crippen MR) is 269 cm³/mol. The molecule has 0 spiro atoms. The van der Waals surface area contributed by atoms with Gasteiger partial charge in [0.05, 0.1) is 70.8 Å². The minimum absolute atomic E-state index is 0.0229. The molecule has 6 rings (SSSR count). The molecule has 3 saturated heterocycles. The zero-order chi connectivity index (χ0) is 53.0. The number of esters is 1. The summed E-state index contributed by atoms with van der Waals surface area (Å²) in [6, 6.07) is 6.78. The van der Waals surface area contributed by atoms with E-state index in [1.165, 1.54) is 6.92 Å². The third kappa shape index (κ3) is 13.3. The van der Waals surface area contributed by atoms with Crippen LogP contribution in [0.3, 0.4) is 0 Å². The number of likely N-dealkylation sites (N-methyl/N-ethyl adjacent to an activating group) is 2. The van der Waals surface area contributed by atoms with Crippen LogP contribution in [0.15, 0.2) is 36.7 Å². The maximum atomic E-state index is 14.6. The van der Waals surface area contributed by atoms with Gasteiger partial charge in [-0.25, -0.2) is 13.8 Å². The highest BCUT2D eigenvalue weighted by atomic mass is 19.1. The number of aryl methyl sites for hydroxylation is 1. The van der Waals surface area contributed by atoms with Crippen LogP contribution in [0.4, 0.5) is 4.39 Å². The van der Waals surface area contributed by atoms with Crippen molar-refractivity contribution in [3.8, 4) is 5.69 Å². The van der Waals surface area contributed by atoms with Crippen molar-refractivity contribution >= 4 is 5.97 Å². The van der Waals surface area contributed by atoms with Crippen molar-refractivity contribution in [3.63, 3.8) is 0 Å². The first-order chi connectivity index (χ1) is 33.8. The summed E-state index contributed by atoms with van der Waals surface area (Å²) in [6.45, 7) is 20.7. The van der Waals surface area contributed by atoms with Gasteiger partial charge in [0.1, 0.15) is 30.6 Å². The van der Waals surface area contributed by atoms with E-state index in [0.29, 0.717) is 32.4 Å². The fourth-order valence-electron chi connectivity index (χ4n) is 12.0. The van der Waals surface area contributed by atoms with Crippen LogP contribution >= 0.6 is 0 Å². The smallest absolute Gasteiger partial charge is 0.309 e. The molecule has 0 saturated carbocycles. The highest BCUT2D eigenvalue weighted by Gasteiger charge is 2.54. The predicted octanol–water partition coefficient (Wildman–Crippen LogP) is 5.05. The first kappa shape index (κ1) is 57.8. The molecule has 3 aliphatic rings. The average Bonchev–Trinajstić information content (AvgIpc) is 4.00. The number of alkyl halides is 1. The van der Waals surface area contributed by atoms with Crippen molar-refractivity contribution in [2.24, 2.45) is 23.7 Å². The van der Waals surface area contributed by atoms with Crippen LogP contribution in [-0.4, -0.2) is 185 Å². The molecule has 0 radical (unpaired) electrons. The highest BCUT2D eigenvalue weighted by molar-refractivity contribution is 5.73. The number of halogens is 1. The Balaban J connectivity index is 1.23. The van der Waals surface area contributed by atoms with Crippen LogP contribution in [0.2, 0.25) is 0 Å². The van der Waals surface area contributed by atoms with Gasteiger partial charge in [0.2, 0.25) is 0 Å². The zero-order valence-electron chi connectivity index (χ0n) is 45.4. The van der Waals surface area contributed by atoms with Gasteiger partial charge in [-0.05, 0) is 118 Å². The normalized spacial score (nSPS) is 38.5. The first-order valence-corrected chi connectivity index (χ1v) is 26.2. The number of aliphatic hydroxyl groups excluding tert-OH is 2. The molecule has 3 aromatic rings. The quantitative estimate of drug-likeness (QED) is 0.156. The van der Waals surface area contributed by atoms with E-state index < -0.39 is 102 Å². The van der Waals surface area contributed by atoms with E-state index in [1.807, 2.05) is 97.1 Å². The molecule has 72 heavy (non-hydrogen) atoms. The monoisotopic (exact) mass is 1010 g/mol. The second kappa shape index (κ2) is 24.0. The molecule has 2 aromatic heterocycles. The van der Waals surface area contributed by atoms with Gasteiger partial charge in [-0.3, -0.25) is 4.79 Å². The second-order valence-electron chi connectivity index (χ2n) is 22.6. The SMILES string of the molecule is CC[C@H]1OC(=O)[C@H](C)C([C@H]2C[C@@](C)(OC)[C@@H](O)[C@H](C)O2)[C@H](C)[C@@H](O[C@H]2C[C@@H](N(C)CCc3cn([C@H](CF)Cc4ccc(-n5cc(C)nn5)cc4)nn3)C[C@@H](C)O2)[C@](C)(O)C[C@@H](C)CN(C)[C@H](C)[C@@H](O)[C@]1(C)O. The van der Waals surface area contributed by atoms with Crippen molar-refractivity contribution in [2.75, 3.05) is 41.0 Å². The molecule has 406 valence electrons. The summed E-state index contributed by atoms with van der Waals surface area (Å²) < 4.78 is 50.4. The van der Waals surface area contributed by atoms with Gasteiger partial charge in [0.25, 0.3) is 0 Å². The van der Waals surface area contributed by atoms with Crippen LogP contribution in [0.5, 0.6) is 0 Å². The molecule has 1 unspecified atom stereocenters. The summed E-state index contributed by atoms with van der Waals surface area (Å²) in [5.74, 6) is -2.82. The van der Waals surface area contributed by atoms with Gasteiger partial charge in [0, 0.05) is 63.7 Å². The summed E-state index contributed by atoms with van der Waals surface area (Å²) >= 11 is 0. The highest BCUT2D eigenvalue weighted by Crippen LogP contribution is 2.45. The lowest BCUT2D eigenvalue weighted by atomic mass is 9.68. The van der Waals surface area contributed by atoms with Crippen LogP contribution in [0.1, 0.15) is 124 Å². The number of cyclic esters (lactones) is 1. The second-order valence-corrected chi connectivity index (χ2v) is 22.6. The molecule has 19 heteroatoms. The van der Waals surface area contributed by atoms with Gasteiger partial charge in [-0.2, -0.15) is 0 Å². The maximum absolute atomic E-state index is 14.6. The lowest BCUT2D eigenvalue weighted by molar-refractivity contribution is -0.275. The van der Waals surface area contributed by atoms with Crippen molar-refractivity contribution in [3.05, 3.63) is 53.6 Å². The Morgan fingerprint density at radius 2 is 1.65 bits per heavy atom. The molecule has 3 aliphatic heterocycles. The van der Waals surface area contributed by atoms with Crippen molar-refractivity contribution < 1.29 is 53.3 Å². The van der Waals surface area contributed by atoms with Crippen LogP contribution in [0.25, 0.3) is 5.69 Å². The van der Waals surface area contributed by atoms with E-state index >= 15 is 0 Å². The minimum atomic E-state index is -1.79. The Morgan fingerprint density at radius 3 is 2.28 bits per heavy atom. The van der Waals surface area contributed by atoms with Gasteiger partial charge >= 0.3 is 5.97 Å². The third-order valence-corrected chi connectivity index (χ3v) is 16.5. The molecule has 5 heterocycles. The molecular formula is C53H87FN8O10. The lowest BCUT2D eigenvalue weighted by Gasteiger charge is -2.51. The Hall–Kier alpha value is -3.50. The van der Waals surface area contributed by atoms with E-state index in [1.54, 1.807) is 37.2 Å². The number of aromatic nitrogens is 6. The van der Waals surface area contributed by atoms with Crippen molar-refractivity contribution in [1.29, 1.82) is 0 Å². The summed E-state index contributed by atoms with van der Waals surface area (Å²) in [5, 5.41) is 64.8. The fourth-order valence-corrected chi connectivity index (χ4v) is 12.0. The standard InChI is InChI=1S/C53H87FN8O10/c1-15-44-53(11,67)47(63)36(7)60(13)28-31(2)25-51(9,66)49(34(5)46(35(6)50(65)71-44)43-26-52(10,68-14)48(64)37(8)70-43)72-45-24-41(22-33(4)69-45)59(12)21-20-39-30-62(58-56-39)42(27-54)23-38-16-18-40(19-17-38)61-29-32(3)55-57-61/h16-19,29-31,33-37,41-49,63-64,66-67H,15,20-28H2,1-14H3/t31-,33-,34+,35-,36-,37+,41+,42+,43-,44-,45+,46?,47-,48+,49-,51-,52-,53-/m1/s1. The molecule has 18 nitrogen and oxygen atoms in total. The number of methoxy groups -OCH3 is 1. The summed E-state index contributed by atoms with van der Waals surface area (Å²) in [5.41, 5.74) is -0.900. The topological polar surface area (TPSA) is 212 Å². The molecular weight excluding hydrogens is 928 g/mol. The molecule has 4 N–H and O–H groups in total. The van der Waals surface area contributed by atoms with Gasteiger partial charge < -0.3 is 53.9 Å². The number of benzene rings is 1. The summed E-state index contributed by atoms with van der Waals surface area (Å²) in [4.78, 5) is 18.8. The third-order valence-electron chi connectivity index (χ3n) is 16.5. The average molecular weight is 1020 g/mol. The number of rotatable bonds is 14. The van der Waals surface area contributed by atoms with E-state index in [0.717, 1.165) is 29.1 Å². The number of hydrogen-bond donors (Lipinski definition) is 4. The Bertz CT molecular complexity index is 2180. The first-order valence-electron chi connectivity index (χ1n) is 26.2. The number of carbonyl (C=O) groups is 1. The fraction of sp³-hybridized carbons (Fsp3) is 0.792. The van der Waals surface area contributed by atoms with E-state index in [9.17, 15) is 29.6 Å². The van der Waals surface area contributed by atoms with Crippen molar-refractivity contribution in [2.45, 2.75) is 205 Å². The van der Waals surface area contributed by atoms with E-state index in [-0.39, 0.29) is 37.3 Å². The van der Waals surface area contributed by atoms with Gasteiger partial charge in [-0.1, -0.05) is 50.3 Å². The van der Waals surface area contributed by atoms with Crippen LogP contribution in [-0.2, 0) is 41.3 Å². The minimum Gasteiger partial charge on any atom is -0.459 e. The lowest BCUT2D eigenvalue weighted by Crippen LogP contribution is -2.61. The van der Waals surface area contributed by atoms with E-state index in [4.69, 9.17) is 23.7 Å². The zero-order valence-corrected chi connectivity index (χ0v) is 45.4. The molecule has 0 aliphatic carbocycles. The van der Waals surface area contributed by atoms with Crippen molar-refractivity contribution in [1.82, 2.24) is 39.8 Å². The summed E-state index contributed by atoms with van der Waals surface area (Å²) in [6.07, 6.45) is 0.235. The molecule has 18 atom stereocenters.